The fraction of sp³-hybridized carbons (Fsp3) is 0.316. The number of rotatable bonds is 2. The van der Waals surface area contributed by atoms with Gasteiger partial charge in [0.15, 0.2) is 0 Å². The van der Waals surface area contributed by atoms with E-state index in [2.05, 4.69) is 42.3 Å². The Kier molecular flexibility index (Phi) is 4.51. The van der Waals surface area contributed by atoms with Crippen LogP contribution in [0.4, 0.5) is 16.2 Å². The van der Waals surface area contributed by atoms with Gasteiger partial charge in [-0.2, -0.15) is 0 Å². The minimum atomic E-state index is -0.0168. The molecule has 1 heterocycles. The molecule has 0 atom stereocenters. The highest BCUT2D eigenvalue weighted by Crippen LogP contribution is 2.24. The van der Waals surface area contributed by atoms with E-state index in [1.807, 2.05) is 35.2 Å². The molecule has 4 heteroatoms. The number of carbonyl (C=O) groups is 1. The number of hydrogen-bond donors (Lipinski definition) is 1. The summed E-state index contributed by atoms with van der Waals surface area (Å²) in [6, 6.07) is 16.0. The van der Waals surface area contributed by atoms with E-state index in [0.29, 0.717) is 0 Å². The Morgan fingerprint density at radius 2 is 1.61 bits per heavy atom. The zero-order valence-corrected chi connectivity index (χ0v) is 13.7. The Hall–Kier alpha value is -2.49. The van der Waals surface area contributed by atoms with Gasteiger partial charge in [0.2, 0.25) is 0 Å². The highest BCUT2D eigenvalue weighted by atomic mass is 16.2. The number of nitrogens with zero attached hydrogens (tertiary/aromatic N) is 2. The Labute approximate surface area is 137 Å². The van der Waals surface area contributed by atoms with E-state index >= 15 is 0 Å². The van der Waals surface area contributed by atoms with Gasteiger partial charge in [-0.3, -0.25) is 0 Å². The minimum Gasteiger partial charge on any atom is -0.368 e. The molecule has 2 aromatic carbocycles. The van der Waals surface area contributed by atoms with Crippen molar-refractivity contribution in [1.29, 1.82) is 0 Å². The monoisotopic (exact) mass is 309 g/mol. The number of para-hydroxylation sites is 1. The zero-order chi connectivity index (χ0) is 16.2. The molecule has 0 saturated carbocycles. The van der Waals surface area contributed by atoms with Crippen LogP contribution in [0, 0.1) is 13.8 Å². The molecular formula is C19H23N3O. The van der Waals surface area contributed by atoms with Gasteiger partial charge in [-0.15, -0.1) is 0 Å². The number of anilines is 2. The van der Waals surface area contributed by atoms with Gasteiger partial charge in [-0.1, -0.05) is 30.3 Å². The first kappa shape index (κ1) is 15.4. The van der Waals surface area contributed by atoms with E-state index in [4.69, 9.17) is 0 Å². The molecule has 0 bridgehead atoms. The summed E-state index contributed by atoms with van der Waals surface area (Å²) in [5.74, 6) is 0. The molecule has 1 aliphatic heterocycles. The van der Waals surface area contributed by atoms with Gasteiger partial charge in [0.25, 0.3) is 0 Å². The third-order valence-corrected chi connectivity index (χ3v) is 4.51. The molecular weight excluding hydrogens is 286 g/mol. The molecule has 1 fully saturated rings. The van der Waals surface area contributed by atoms with Crippen LogP contribution in [0.1, 0.15) is 11.1 Å². The normalized spacial score (nSPS) is 14.7. The van der Waals surface area contributed by atoms with Gasteiger partial charge in [0, 0.05) is 37.6 Å². The van der Waals surface area contributed by atoms with E-state index in [1.165, 1.54) is 16.8 Å². The van der Waals surface area contributed by atoms with Gasteiger partial charge in [-0.25, -0.2) is 4.79 Å². The quantitative estimate of drug-likeness (QED) is 0.919. The average molecular weight is 309 g/mol. The first-order valence-corrected chi connectivity index (χ1v) is 8.07. The van der Waals surface area contributed by atoms with Gasteiger partial charge in [0.05, 0.1) is 0 Å². The fourth-order valence-corrected chi connectivity index (χ4v) is 2.95. The molecule has 0 unspecified atom stereocenters. The second-order valence-corrected chi connectivity index (χ2v) is 5.99. The van der Waals surface area contributed by atoms with Gasteiger partial charge in [-0.05, 0) is 43.2 Å². The number of benzene rings is 2. The molecule has 4 nitrogen and oxygen atoms in total. The molecule has 3 rings (SSSR count). The topological polar surface area (TPSA) is 35.6 Å². The largest absolute Gasteiger partial charge is 0.368 e. The van der Waals surface area contributed by atoms with Crippen LogP contribution >= 0.6 is 0 Å². The van der Waals surface area contributed by atoms with Gasteiger partial charge < -0.3 is 15.1 Å². The van der Waals surface area contributed by atoms with E-state index < -0.39 is 0 Å². The second-order valence-electron chi connectivity index (χ2n) is 5.99. The maximum absolute atomic E-state index is 12.3. The van der Waals surface area contributed by atoms with Crippen molar-refractivity contribution in [1.82, 2.24) is 4.90 Å². The van der Waals surface area contributed by atoms with Crippen LogP contribution in [0.2, 0.25) is 0 Å². The number of urea groups is 1. The predicted molar refractivity (Wildman–Crippen MR) is 95.2 cm³/mol. The van der Waals surface area contributed by atoms with Crippen molar-refractivity contribution in [2.45, 2.75) is 13.8 Å². The van der Waals surface area contributed by atoms with Crippen LogP contribution in [0.3, 0.4) is 0 Å². The highest BCUT2D eigenvalue weighted by Gasteiger charge is 2.22. The number of nitrogens with one attached hydrogen (secondary N) is 1. The van der Waals surface area contributed by atoms with Crippen molar-refractivity contribution >= 4 is 17.4 Å². The Bertz CT molecular complexity index is 676. The summed E-state index contributed by atoms with van der Waals surface area (Å²) in [5, 5.41) is 2.96. The summed E-state index contributed by atoms with van der Waals surface area (Å²) in [5.41, 5.74) is 4.77. The molecule has 1 saturated heterocycles. The lowest BCUT2D eigenvalue weighted by atomic mass is 10.1. The Morgan fingerprint density at radius 3 is 2.30 bits per heavy atom. The van der Waals surface area contributed by atoms with Crippen molar-refractivity contribution in [2.75, 3.05) is 36.4 Å². The molecule has 0 aromatic heterocycles. The molecule has 0 spiro atoms. The standard InChI is InChI=1S/C19H23N3O/c1-15-7-6-10-18(16(15)2)21-11-13-22(14-12-21)19(23)20-17-8-4-3-5-9-17/h3-10H,11-14H2,1-2H3,(H,20,23). The second kappa shape index (κ2) is 6.73. The van der Waals surface area contributed by atoms with E-state index in [1.54, 1.807) is 0 Å². The third kappa shape index (κ3) is 3.47. The Balaban J connectivity index is 1.60. The number of amides is 2. The fourth-order valence-electron chi connectivity index (χ4n) is 2.95. The van der Waals surface area contributed by atoms with Crippen molar-refractivity contribution in [3.63, 3.8) is 0 Å². The van der Waals surface area contributed by atoms with E-state index in [-0.39, 0.29) is 6.03 Å². The maximum Gasteiger partial charge on any atom is 0.321 e. The molecule has 0 aliphatic carbocycles. The lowest BCUT2D eigenvalue weighted by Gasteiger charge is -2.37. The number of carbonyl (C=O) groups excluding carboxylic acids is 1. The van der Waals surface area contributed by atoms with Crippen LogP contribution in [0.5, 0.6) is 0 Å². The smallest absolute Gasteiger partial charge is 0.321 e. The summed E-state index contributed by atoms with van der Waals surface area (Å²) in [4.78, 5) is 16.6. The molecule has 23 heavy (non-hydrogen) atoms. The first-order chi connectivity index (χ1) is 11.1. The molecule has 1 aliphatic rings. The van der Waals surface area contributed by atoms with Crippen LogP contribution < -0.4 is 10.2 Å². The van der Waals surface area contributed by atoms with Crippen molar-refractivity contribution in [3.8, 4) is 0 Å². The van der Waals surface area contributed by atoms with E-state index in [0.717, 1.165) is 31.9 Å². The third-order valence-electron chi connectivity index (χ3n) is 4.51. The lowest BCUT2D eigenvalue weighted by molar-refractivity contribution is 0.208. The van der Waals surface area contributed by atoms with Crippen LogP contribution in [0.15, 0.2) is 48.5 Å². The maximum atomic E-state index is 12.3. The van der Waals surface area contributed by atoms with Crippen LogP contribution in [-0.4, -0.2) is 37.1 Å². The molecule has 2 aromatic rings. The highest BCUT2D eigenvalue weighted by molar-refractivity contribution is 5.89. The van der Waals surface area contributed by atoms with Crippen molar-refractivity contribution in [3.05, 3.63) is 59.7 Å². The van der Waals surface area contributed by atoms with Gasteiger partial charge >= 0.3 is 6.03 Å². The lowest BCUT2D eigenvalue weighted by Crippen LogP contribution is -2.50. The van der Waals surface area contributed by atoms with Crippen LogP contribution in [0.25, 0.3) is 0 Å². The first-order valence-electron chi connectivity index (χ1n) is 8.07. The number of aryl methyl sites for hydroxylation is 1. The zero-order valence-electron chi connectivity index (χ0n) is 13.7. The summed E-state index contributed by atoms with van der Waals surface area (Å²) in [6.45, 7) is 7.53. The van der Waals surface area contributed by atoms with Crippen molar-refractivity contribution in [2.24, 2.45) is 0 Å². The summed E-state index contributed by atoms with van der Waals surface area (Å²) in [6.07, 6.45) is 0. The summed E-state index contributed by atoms with van der Waals surface area (Å²) < 4.78 is 0. The molecule has 0 radical (unpaired) electrons. The van der Waals surface area contributed by atoms with Crippen molar-refractivity contribution < 1.29 is 4.79 Å². The SMILES string of the molecule is Cc1cccc(N2CCN(C(=O)Nc3ccccc3)CC2)c1C. The van der Waals surface area contributed by atoms with Crippen LogP contribution in [-0.2, 0) is 0 Å². The molecule has 1 N–H and O–H groups in total. The predicted octanol–water partition coefficient (Wildman–Crippen LogP) is 3.66. The van der Waals surface area contributed by atoms with Gasteiger partial charge in [0.1, 0.15) is 0 Å². The summed E-state index contributed by atoms with van der Waals surface area (Å²) in [7, 11) is 0. The average Bonchev–Trinajstić information content (AvgIpc) is 2.58. The van der Waals surface area contributed by atoms with E-state index in [9.17, 15) is 4.79 Å². The molecule has 2 amide bonds. The summed E-state index contributed by atoms with van der Waals surface area (Å²) >= 11 is 0. The molecule has 120 valence electrons. The minimum absolute atomic E-state index is 0.0168. The Morgan fingerprint density at radius 1 is 0.913 bits per heavy atom. The number of hydrogen-bond acceptors (Lipinski definition) is 2. The number of piperazine rings is 1.